The van der Waals surface area contributed by atoms with Gasteiger partial charge in [0.1, 0.15) is 0 Å². The second-order valence-electron chi connectivity index (χ2n) is 7.17. The number of hydrogen-bond donors (Lipinski definition) is 2. The van der Waals surface area contributed by atoms with Crippen LogP contribution in [0.15, 0.2) is 41.4 Å². The van der Waals surface area contributed by atoms with Crippen LogP contribution < -0.4 is 5.32 Å². The van der Waals surface area contributed by atoms with E-state index in [9.17, 15) is 14.7 Å². The number of carbonyl (C=O) groups excluding carboxylic acids is 1. The van der Waals surface area contributed by atoms with Crippen LogP contribution in [-0.2, 0) is 4.79 Å². The summed E-state index contributed by atoms with van der Waals surface area (Å²) in [5.74, 6) is -0.126. The molecule has 4 rings (SSSR count). The van der Waals surface area contributed by atoms with Crippen LogP contribution in [0.25, 0.3) is 5.69 Å². The molecule has 8 heteroatoms. The molecule has 2 aromatic rings. The van der Waals surface area contributed by atoms with Gasteiger partial charge in [0.25, 0.3) is 0 Å². The van der Waals surface area contributed by atoms with Gasteiger partial charge in [0.05, 0.1) is 22.2 Å². The summed E-state index contributed by atoms with van der Waals surface area (Å²) in [5.41, 5.74) is 0.0766. The molecule has 0 radical (unpaired) electrons. The van der Waals surface area contributed by atoms with E-state index in [0.29, 0.717) is 18.8 Å². The molecule has 1 aliphatic carbocycles. The molecule has 0 bridgehead atoms. The Hall–Kier alpha value is -2.48. The number of anilines is 1. The topological polar surface area (TPSA) is 87.5 Å². The summed E-state index contributed by atoms with van der Waals surface area (Å²) in [6.45, 7) is 0.763. The Morgan fingerprint density at radius 1 is 1.33 bits per heavy atom. The van der Waals surface area contributed by atoms with E-state index in [2.05, 4.69) is 10.4 Å². The van der Waals surface area contributed by atoms with Crippen molar-refractivity contribution in [1.82, 2.24) is 14.7 Å². The van der Waals surface area contributed by atoms with E-state index < -0.39 is 11.4 Å². The summed E-state index contributed by atoms with van der Waals surface area (Å²) in [5, 5.41) is 17.1. The number of hydrogen-bond acceptors (Lipinski definition) is 4. The maximum atomic E-state index is 12.9. The van der Waals surface area contributed by atoms with Crippen molar-refractivity contribution in [2.75, 3.05) is 24.7 Å². The van der Waals surface area contributed by atoms with Gasteiger partial charge in [-0.3, -0.25) is 10.1 Å². The largest absolute Gasteiger partial charge is 0.481 e. The van der Waals surface area contributed by atoms with Gasteiger partial charge in [0.15, 0.2) is 5.82 Å². The number of rotatable bonds is 4. The molecule has 2 amide bonds. The third kappa shape index (κ3) is 2.97. The molecule has 1 aliphatic heterocycles. The number of aliphatic carboxylic acids is 1. The molecule has 2 N–H and O–H groups in total. The molecule has 2 aliphatic rings. The van der Waals surface area contributed by atoms with Gasteiger partial charge in [-0.1, -0.05) is 24.6 Å². The van der Waals surface area contributed by atoms with Gasteiger partial charge in [0.2, 0.25) is 0 Å². The third-order valence-corrected chi connectivity index (χ3v) is 6.50. The Balaban J connectivity index is 1.58. The summed E-state index contributed by atoms with van der Waals surface area (Å²) in [6.07, 6.45) is 6.10. The molecule has 0 unspecified atom stereocenters. The first-order valence-electron chi connectivity index (χ1n) is 9.02. The lowest BCUT2D eigenvalue weighted by atomic mass is 9.81. The minimum absolute atomic E-state index is 0.0415. The minimum atomic E-state index is -0.778. The fourth-order valence-corrected chi connectivity index (χ4v) is 4.82. The van der Waals surface area contributed by atoms with Crippen LogP contribution in [0.5, 0.6) is 0 Å². The van der Waals surface area contributed by atoms with Crippen molar-refractivity contribution in [1.29, 1.82) is 0 Å². The van der Waals surface area contributed by atoms with Gasteiger partial charge in [0, 0.05) is 13.1 Å². The van der Waals surface area contributed by atoms with Crippen LogP contribution in [0.1, 0.15) is 19.3 Å². The van der Waals surface area contributed by atoms with E-state index in [1.807, 2.05) is 36.6 Å². The molecule has 1 saturated carbocycles. The van der Waals surface area contributed by atoms with Crippen LogP contribution in [0.4, 0.5) is 10.6 Å². The summed E-state index contributed by atoms with van der Waals surface area (Å²) in [7, 11) is 0. The molecule has 1 aromatic heterocycles. The highest BCUT2D eigenvalue weighted by Crippen LogP contribution is 2.49. The Kier molecular flexibility index (Phi) is 4.59. The monoisotopic (exact) mass is 386 g/mol. The van der Waals surface area contributed by atoms with E-state index in [1.165, 1.54) is 11.8 Å². The third-order valence-electron chi connectivity index (χ3n) is 5.77. The van der Waals surface area contributed by atoms with Gasteiger partial charge in [-0.15, -0.1) is 11.8 Å². The lowest BCUT2D eigenvalue weighted by Crippen LogP contribution is -2.39. The highest BCUT2D eigenvalue weighted by atomic mass is 32.2. The molecule has 0 spiro atoms. The van der Waals surface area contributed by atoms with Gasteiger partial charge < -0.3 is 10.0 Å². The van der Waals surface area contributed by atoms with Crippen molar-refractivity contribution in [3.05, 3.63) is 36.5 Å². The van der Waals surface area contributed by atoms with Gasteiger partial charge in [-0.25, -0.2) is 9.48 Å². The zero-order chi connectivity index (χ0) is 19.0. The van der Waals surface area contributed by atoms with Crippen LogP contribution in [0, 0.1) is 11.3 Å². The molecule has 2 fully saturated rings. The molecular weight excluding hydrogens is 364 g/mol. The Labute approximate surface area is 161 Å². The maximum Gasteiger partial charge on any atom is 0.323 e. The minimum Gasteiger partial charge on any atom is -0.481 e. The lowest BCUT2D eigenvalue weighted by Gasteiger charge is -2.23. The number of urea groups is 1. The number of nitrogens with one attached hydrogen (secondary N) is 1. The van der Waals surface area contributed by atoms with Crippen molar-refractivity contribution < 1.29 is 14.7 Å². The first-order chi connectivity index (χ1) is 13.0. The average Bonchev–Trinajstić information content (AvgIpc) is 3.34. The van der Waals surface area contributed by atoms with E-state index in [4.69, 9.17) is 0 Å². The van der Waals surface area contributed by atoms with E-state index in [-0.39, 0.29) is 18.5 Å². The van der Waals surface area contributed by atoms with E-state index in [1.54, 1.807) is 15.8 Å². The first kappa shape index (κ1) is 17.9. The molecule has 142 valence electrons. The number of para-hydroxylation sites is 1. The van der Waals surface area contributed by atoms with Crippen molar-refractivity contribution in [2.24, 2.45) is 11.3 Å². The van der Waals surface area contributed by atoms with E-state index >= 15 is 0 Å². The molecule has 2 heterocycles. The zero-order valence-corrected chi connectivity index (χ0v) is 15.9. The molecule has 7 nitrogen and oxygen atoms in total. The number of amides is 2. The summed E-state index contributed by atoms with van der Waals surface area (Å²) in [4.78, 5) is 27.3. The number of likely N-dealkylation sites (tertiary alicyclic amines) is 1. The van der Waals surface area contributed by atoms with Crippen molar-refractivity contribution in [3.8, 4) is 5.69 Å². The molecular formula is C19H22N4O3S. The molecule has 2 atom stereocenters. The highest BCUT2D eigenvalue weighted by molar-refractivity contribution is 7.98. The molecule has 27 heavy (non-hydrogen) atoms. The fraction of sp³-hybridized carbons (Fsp3) is 0.421. The van der Waals surface area contributed by atoms with Crippen LogP contribution in [0.2, 0.25) is 0 Å². The van der Waals surface area contributed by atoms with Crippen LogP contribution >= 0.6 is 11.8 Å². The van der Waals surface area contributed by atoms with Crippen molar-refractivity contribution >= 4 is 29.6 Å². The predicted molar refractivity (Wildman–Crippen MR) is 103 cm³/mol. The fourth-order valence-electron chi connectivity index (χ4n) is 4.34. The van der Waals surface area contributed by atoms with Gasteiger partial charge in [-0.2, -0.15) is 5.10 Å². The van der Waals surface area contributed by atoms with Crippen molar-refractivity contribution in [3.63, 3.8) is 0 Å². The smallest absolute Gasteiger partial charge is 0.323 e. The lowest BCUT2D eigenvalue weighted by molar-refractivity contribution is -0.149. The normalized spacial score (nSPS) is 24.0. The summed E-state index contributed by atoms with van der Waals surface area (Å²) >= 11 is 1.51. The standard InChI is InChI=1S/C19H22N4O3S/c1-27-15-10-20-23(14-7-3-2-4-8-14)16(15)21-18(26)22-11-13-6-5-9-19(13,12-22)17(24)25/h2-4,7-8,10,13H,5-6,9,11-12H2,1H3,(H,21,26)(H,24,25)/t13-,19+/m0/s1. The number of fused-ring (bicyclic) bond motifs is 1. The number of benzene rings is 1. The Bertz CT molecular complexity index is 869. The quantitative estimate of drug-likeness (QED) is 0.787. The van der Waals surface area contributed by atoms with E-state index in [0.717, 1.165) is 23.4 Å². The second kappa shape index (κ2) is 6.92. The molecule has 1 aromatic carbocycles. The SMILES string of the molecule is CSc1cnn(-c2ccccc2)c1NC(=O)N1C[C@@H]2CCC[C@@]2(C(=O)O)C1. The second-order valence-corrected chi connectivity index (χ2v) is 8.02. The predicted octanol–water partition coefficient (Wildman–Crippen LogP) is 3.31. The highest BCUT2D eigenvalue weighted by Gasteiger charge is 2.55. The zero-order valence-electron chi connectivity index (χ0n) is 15.1. The molecule has 1 saturated heterocycles. The van der Waals surface area contributed by atoms with Gasteiger partial charge >= 0.3 is 12.0 Å². The summed E-state index contributed by atoms with van der Waals surface area (Å²) < 4.78 is 1.70. The number of aromatic nitrogens is 2. The van der Waals surface area contributed by atoms with Crippen molar-refractivity contribution in [2.45, 2.75) is 24.2 Å². The van der Waals surface area contributed by atoms with Gasteiger partial charge in [-0.05, 0) is 37.1 Å². The number of carboxylic acid groups (broad SMARTS) is 1. The van der Waals surface area contributed by atoms with Crippen LogP contribution in [-0.4, -0.2) is 51.1 Å². The summed E-state index contributed by atoms with van der Waals surface area (Å²) in [6, 6.07) is 9.34. The maximum absolute atomic E-state index is 12.9. The number of carboxylic acids is 1. The van der Waals surface area contributed by atoms with Crippen LogP contribution in [0.3, 0.4) is 0 Å². The Morgan fingerprint density at radius 2 is 2.11 bits per heavy atom. The average molecular weight is 386 g/mol. The number of thioether (sulfide) groups is 1. The number of nitrogens with zero attached hydrogens (tertiary/aromatic N) is 3. The first-order valence-corrected chi connectivity index (χ1v) is 10.2. The Morgan fingerprint density at radius 3 is 2.78 bits per heavy atom. The number of carbonyl (C=O) groups is 2.